The van der Waals surface area contributed by atoms with Gasteiger partial charge >= 0.3 is 0 Å². The molecule has 13 aromatic carbocycles. The predicted molar refractivity (Wildman–Crippen MR) is 524 cm³/mol. The fraction of sp³-hybridized carbons (Fsp3) is 0.178. The first-order valence-electron chi connectivity index (χ1n) is 41.9. The van der Waals surface area contributed by atoms with E-state index in [0.717, 1.165) is 120 Å². The minimum absolute atomic E-state index is 0.178. The Bertz CT molecular complexity index is 5460. The van der Waals surface area contributed by atoms with E-state index in [4.69, 9.17) is 0 Å². The average Bonchev–Trinajstić information content (AvgIpc) is 0.829. The molecule has 0 heterocycles. The number of nitrogens with zero attached hydrogens (tertiary/aromatic N) is 10. The number of aliphatic imine (C=N–C) groups is 10. The van der Waals surface area contributed by atoms with Gasteiger partial charge in [0.2, 0.25) is 0 Å². The molecule has 0 saturated heterocycles. The van der Waals surface area contributed by atoms with Gasteiger partial charge in [-0.3, -0.25) is 49.9 Å². The maximum absolute atomic E-state index is 10.6. The summed E-state index contributed by atoms with van der Waals surface area (Å²) >= 11 is 0. The molecule has 648 valence electrons. The van der Waals surface area contributed by atoms with Crippen LogP contribution in [0.5, 0.6) is 57.5 Å². The van der Waals surface area contributed by atoms with Crippen LogP contribution in [0.1, 0.15) is 120 Å². The topological polar surface area (TPSA) is 326 Å². The SMILES string of the molecule is Cc1cccc(C=NCCCN=Cc2cccc(C)c2O)c1O.Cc1cccc(C=NCCCN=Cc2cccc(C)c2O)c1O.Cc1cccc(C=NCCCN=Cc2cccc(C)c2O)c1O.Cc1cccc(C=Nc2ccccc2N=Cc2ccccc2O)c1O.Oc1c(C=NCCCN=Cc2cccc(-c3ccccc3)c2O)cccc1-c1ccccc1. The van der Waals surface area contributed by atoms with Crippen LogP contribution >= 0.6 is 0 Å². The van der Waals surface area contributed by atoms with Crippen LogP contribution in [0.2, 0.25) is 0 Å². The Morgan fingerprint density at radius 1 is 0.181 bits per heavy atom. The van der Waals surface area contributed by atoms with Crippen molar-refractivity contribution in [2.24, 2.45) is 49.9 Å². The number of hydrogen-bond acceptors (Lipinski definition) is 20. The Hall–Kier alpha value is -15.4. The zero-order chi connectivity index (χ0) is 90.5. The van der Waals surface area contributed by atoms with Gasteiger partial charge in [0.25, 0.3) is 0 Å². The molecule has 0 aliphatic rings. The number of aromatic hydroxyl groups is 10. The van der Waals surface area contributed by atoms with Crippen molar-refractivity contribution in [1.29, 1.82) is 0 Å². The Balaban J connectivity index is 0.000000181. The van der Waals surface area contributed by atoms with Gasteiger partial charge in [-0.2, -0.15) is 0 Å². The van der Waals surface area contributed by atoms with E-state index < -0.39 is 0 Å². The molecule has 127 heavy (non-hydrogen) atoms. The summed E-state index contributed by atoms with van der Waals surface area (Å²) in [4.78, 5) is 43.6. The van der Waals surface area contributed by atoms with Crippen molar-refractivity contribution >= 4 is 73.5 Å². The molecule has 0 unspecified atom stereocenters. The molecule has 0 fully saturated rings. The quantitative estimate of drug-likeness (QED) is 0.0150. The Morgan fingerprint density at radius 2 is 0.370 bits per heavy atom. The van der Waals surface area contributed by atoms with Gasteiger partial charge in [-0.25, -0.2) is 0 Å². The van der Waals surface area contributed by atoms with Crippen molar-refractivity contribution in [3.8, 4) is 79.7 Å². The summed E-state index contributed by atoms with van der Waals surface area (Å²) in [6.07, 6.45) is 20.0. The lowest BCUT2D eigenvalue weighted by molar-refractivity contribution is 0.470. The third-order valence-electron chi connectivity index (χ3n) is 19.8. The second-order valence-corrected chi connectivity index (χ2v) is 29.6. The van der Waals surface area contributed by atoms with E-state index in [-0.39, 0.29) is 57.5 Å². The van der Waals surface area contributed by atoms with Crippen LogP contribution in [0, 0.1) is 48.5 Å². The second kappa shape index (κ2) is 51.5. The lowest BCUT2D eigenvalue weighted by Crippen LogP contribution is -1.92. The highest BCUT2D eigenvalue weighted by Gasteiger charge is 2.12. The average molecular weight is 1700 g/mol. The molecule has 13 aromatic rings. The van der Waals surface area contributed by atoms with Crippen molar-refractivity contribution in [3.05, 3.63) is 368 Å². The van der Waals surface area contributed by atoms with Crippen LogP contribution in [0.15, 0.2) is 323 Å². The minimum atomic E-state index is 0.178. The molecular formula is C107H110N10O10. The van der Waals surface area contributed by atoms with Crippen LogP contribution in [0.25, 0.3) is 22.3 Å². The lowest BCUT2D eigenvalue weighted by atomic mass is 10.0. The smallest absolute Gasteiger partial charge is 0.132 e. The van der Waals surface area contributed by atoms with E-state index in [9.17, 15) is 51.1 Å². The van der Waals surface area contributed by atoms with E-state index in [1.165, 1.54) is 0 Å². The van der Waals surface area contributed by atoms with E-state index in [1.807, 2.05) is 297 Å². The molecule has 13 rings (SSSR count). The maximum Gasteiger partial charge on any atom is 0.132 e. The highest BCUT2D eigenvalue weighted by atomic mass is 16.3. The number of hydrogen-bond donors (Lipinski definition) is 10. The van der Waals surface area contributed by atoms with E-state index in [1.54, 1.807) is 86.4 Å². The number of phenols is 10. The maximum atomic E-state index is 10.6. The van der Waals surface area contributed by atoms with E-state index in [2.05, 4.69) is 49.9 Å². The first-order valence-corrected chi connectivity index (χ1v) is 41.9. The largest absolute Gasteiger partial charge is 0.507 e. The summed E-state index contributed by atoms with van der Waals surface area (Å²) in [5, 5.41) is 100. The van der Waals surface area contributed by atoms with Crippen LogP contribution in [-0.4, -0.2) is 166 Å². The fourth-order valence-electron chi connectivity index (χ4n) is 12.4. The molecule has 20 nitrogen and oxygen atoms in total. The first-order chi connectivity index (χ1) is 61.7. The highest BCUT2D eigenvalue weighted by molar-refractivity contribution is 5.93. The molecule has 0 bridgehead atoms. The molecule has 10 N–H and O–H groups in total. The molecular weight excluding hydrogens is 1590 g/mol. The standard InChI is InChI=1S/C29H26N2O2.C21H18N2O2.3C19H22N2O2/c32-28-24(14-7-16-26(28)22-10-3-1-4-11-22)20-30-18-9-19-31-21-25-15-8-17-27(29(25)33)23-12-5-2-6-13-23;1-15-7-6-9-17(21(15)25)14-23-19-11-4-3-10-18(19)22-13-16-8-2-5-12-20(16)24;3*1-14-6-3-8-16(18(14)22)12-20-10-5-11-21-13-17-9-4-7-15(2)19(17)23/h1-8,10-17,20-21,32-33H,9,18-19H2;2-14,24-25H,1H3;3*3-4,6-9,12-13,22-23H,5,10-11H2,1-2H3. The Morgan fingerprint density at radius 3 is 0.614 bits per heavy atom. The van der Waals surface area contributed by atoms with Crippen LogP contribution < -0.4 is 0 Å². The molecule has 0 aliphatic heterocycles. The summed E-state index contributed by atoms with van der Waals surface area (Å²) in [5.41, 5.74) is 17.8. The van der Waals surface area contributed by atoms with Gasteiger partial charge in [-0.05, 0) is 203 Å². The monoisotopic (exact) mass is 1690 g/mol. The molecule has 0 aromatic heterocycles. The van der Waals surface area contributed by atoms with Crippen molar-refractivity contribution in [2.45, 2.75) is 74.1 Å². The van der Waals surface area contributed by atoms with Gasteiger partial charge in [-0.15, -0.1) is 0 Å². The zero-order valence-corrected chi connectivity index (χ0v) is 72.7. The van der Waals surface area contributed by atoms with Gasteiger partial charge in [0.1, 0.15) is 57.5 Å². The molecule has 0 saturated carbocycles. The number of benzene rings is 13. The highest BCUT2D eigenvalue weighted by Crippen LogP contribution is 2.35. The predicted octanol–water partition coefficient (Wildman–Crippen LogP) is 22.2. The third kappa shape index (κ3) is 30.5. The summed E-state index contributed by atoms with van der Waals surface area (Å²) < 4.78 is 0. The minimum Gasteiger partial charge on any atom is -0.507 e. The van der Waals surface area contributed by atoms with Gasteiger partial charge in [0.05, 0.1) is 11.4 Å². The lowest BCUT2D eigenvalue weighted by Gasteiger charge is -2.07. The molecule has 0 atom stereocenters. The second-order valence-electron chi connectivity index (χ2n) is 29.6. The van der Waals surface area contributed by atoms with Crippen LogP contribution in [-0.2, 0) is 0 Å². The number of aryl methyl sites for hydroxylation is 7. The molecule has 20 heteroatoms. The molecule has 0 aliphatic carbocycles. The molecule has 0 spiro atoms. The van der Waals surface area contributed by atoms with Gasteiger partial charge in [0.15, 0.2) is 0 Å². The van der Waals surface area contributed by atoms with Gasteiger partial charge < -0.3 is 51.1 Å². The van der Waals surface area contributed by atoms with Gasteiger partial charge in [0, 0.05) is 181 Å². The summed E-state index contributed by atoms with van der Waals surface area (Å²) in [6, 6.07) is 84.5. The van der Waals surface area contributed by atoms with Gasteiger partial charge in [-0.1, -0.05) is 194 Å². The first kappa shape index (κ1) is 95.4. The number of para-hydroxylation sites is 12. The van der Waals surface area contributed by atoms with Crippen molar-refractivity contribution in [2.75, 3.05) is 52.4 Å². The number of phenolic OH excluding ortho intramolecular Hbond substituents is 10. The van der Waals surface area contributed by atoms with Crippen LogP contribution in [0.4, 0.5) is 11.4 Å². The summed E-state index contributed by atoms with van der Waals surface area (Å²) in [7, 11) is 0. The normalized spacial score (nSPS) is 11.5. The van der Waals surface area contributed by atoms with E-state index >= 15 is 0 Å². The molecule has 0 radical (unpaired) electrons. The van der Waals surface area contributed by atoms with E-state index in [0.29, 0.717) is 86.0 Å². The van der Waals surface area contributed by atoms with Crippen molar-refractivity contribution in [1.82, 2.24) is 0 Å². The molecule has 0 amide bonds. The third-order valence-corrected chi connectivity index (χ3v) is 19.8. The van der Waals surface area contributed by atoms with Crippen LogP contribution in [0.3, 0.4) is 0 Å². The zero-order valence-electron chi connectivity index (χ0n) is 72.7. The fourth-order valence-corrected chi connectivity index (χ4v) is 12.4. The summed E-state index contributed by atoms with van der Waals surface area (Å²) in [5.74, 6) is 2.56. The van der Waals surface area contributed by atoms with Crippen molar-refractivity contribution in [3.63, 3.8) is 0 Å². The summed E-state index contributed by atoms with van der Waals surface area (Å²) in [6.45, 7) is 18.1. The van der Waals surface area contributed by atoms with Crippen molar-refractivity contribution < 1.29 is 51.1 Å². The number of rotatable bonds is 30. The Labute approximate surface area is 744 Å². The Kier molecular flexibility index (Phi) is 38.7.